The van der Waals surface area contributed by atoms with E-state index in [9.17, 15) is 4.79 Å². The molecule has 2 atom stereocenters. The van der Waals surface area contributed by atoms with E-state index in [0.29, 0.717) is 10.8 Å². The van der Waals surface area contributed by atoms with E-state index < -0.39 is 6.10 Å². The van der Waals surface area contributed by atoms with E-state index >= 15 is 0 Å². The van der Waals surface area contributed by atoms with Crippen LogP contribution < -0.4 is 10.1 Å². The summed E-state index contributed by atoms with van der Waals surface area (Å²) in [5.41, 5.74) is 2.55. The van der Waals surface area contributed by atoms with Crippen molar-refractivity contribution >= 4 is 17.5 Å². The number of aryl methyl sites for hydroxylation is 1. The third-order valence-electron chi connectivity index (χ3n) is 4.16. The Kier molecular flexibility index (Phi) is 4.87. The number of carbonyl (C=O) groups is 1. The van der Waals surface area contributed by atoms with Crippen molar-refractivity contribution < 1.29 is 9.53 Å². The van der Waals surface area contributed by atoms with E-state index in [2.05, 4.69) is 17.4 Å². The van der Waals surface area contributed by atoms with Crippen LogP contribution in [-0.4, -0.2) is 12.0 Å². The Balaban J connectivity index is 1.65. The molecule has 0 saturated heterocycles. The van der Waals surface area contributed by atoms with Crippen LogP contribution in [0.1, 0.15) is 36.9 Å². The molecule has 2 aromatic rings. The van der Waals surface area contributed by atoms with Crippen molar-refractivity contribution in [3.63, 3.8) is 0 Å². The highest BCUT2D eigenvalue weighted by Crippen LogP contribution is 2.29. The lowest BCUT2D eigenvalue weighted by Crippen LogP contribution is -2.39. The van der Waals surface area contributed by atoms with Crippen LogP contribution in [0.25, 0.3) is 0 Å². The summed E-state index contributed by atoms with van der Waals surface area (Å²) < 4.78 is 5.69. The molecule has 0 aromatic heterocycles. The molecule has 0 spiro atoms. The van der Waals surface area contributed by atoms with Crippen molar-refractivity contribution in [2.24, 2.45) is 0 Å². The molecule has 1 amide bonds. The molecule has 3 nitrogen and oxygen atoms in total. The van der Waals surface area contributed by atoms with E-state index in [0.717, 1.165) is 19.3 Å². The first-order valence-corrected chi connectivity index (χ1v) is 8.31. The van der Waals surface area contributed by atoms with Gasteiger partial charge in [-0.2, -0.15) is 0 Å². The predicted molar refractivity (Wildman–Crippen MR) is 91.8 cm³/mol. The van der Waals surface area contributed by atoms with Crippen LogP contribution in [0.5, 0.6) is 5.75 Å². The lowest BCUT2D eigenvalue weighted by atomic mass is 9.87. The zero-order valence-corrected chi connectivity index (χ0v) is 13.8. The quantitative estimate of drug-likeness (QED) is 0.908. The third-order valence-corrected chi connectivity index (χ3v) is 4.40. The molecule has 23 heavy (non-hydrogen) atoms. The Bertz CT molecular complexity index is 701. The molecule has 1 N–H and O–H groups in total. The summed E-state index contributed by atoms with van der Waals surface area (Å²) in [5, 5.41) is 3.71. The number of hydrogen-bond donors (Lipinski definition) is 1. The maximum Gasteiger partial charge on any atom is 0.261 e. The molecule has 4 heteroatoms. The summed E-state index contributed by atoms with van der Waals surface area (Å²) in [5.74, 6) is 0.496. The van der Waals surface area contributed by atoms with Crippen molar-refractivity contribution in [1.82, 2.24) is 5.32 Å². The maximum absolute atomic E-state index is 12.4. The molecule has 0 fully saturated rings. The summed E-state index contributed by atoms with van der Waals surface area (Å²) >= 11 is 5.94. The van der Waals surface area contributed by atoms with Crippen molar-refractivity contribution in [3.05, 3.63) is 64.7 Å². The van der Waals surface area contributed by atoms with E-state index in [1.807, 2.05) is 12.1 Å². The summed E-state index contributed by atoms with van der Waals surface area (Å²) in [4.78, 5) is 12.4. The van der Waals surface area contributed by atoms with Crippen LogP contribution in [0.15, 0.2) is 48.5 Å². The van der Waals surface area contributed by atoms with Gasteiger partial charge in [-0.05, 0) is 55.5 Å². The number of halogens is 1. The maximum atomic E-state index is 12.4. The monoisotopic (exact) mass is 329 g/mol. The van der Waals surface area contributed by atoms with Gasteiger partial charge in [-0.15, -0.1) is 0 Å². The van der Waals surface area contributed by atoms with Gasteiger partial charge < -0.3 is 10.1 Å². The van der Waals surface area contributed by atoms with Gasteiger partial charge in [0.1, 0.15) is 5.75 Å². The molecule has 0 unspecified atom stereocenters. The third kappa shape index (κ3) is 3.85. The van der Waals surface area contributed by atoms with Crippen LogP contribution in [0.3, 0.4) is 0 Å². The normalized spacial score (nSPS) is 17.9. The first-order valence-electron chi connectivity index (χ1n) is 7.94. The molecule has 0 radical (unpaired) electrons. The first kappa shape index (κ1) is 15.9. The number of ether oxygens (including phenoxy) is 1. The molecule has 1 aliphatic rings. The average molecular weight is 330 g/mol. The number of nitrogens with one attached hydrogen (secondary N) is 1. The number of benzene rings is 2. The Labute approximate surface area is 141 Å². The van der Waals surface area contributed by atoms with Gasteiger partial charge in [0, 0.05) is 5.02 Å². The van der Waals surface area contributed by atoms with Crippen LogP contribution in [-0.2, 0) is 11.2 Å². The summed E-state index contributed by atoms with van der Waals surface area (Å²) in [6, 6.07) is 15.5. The lowest BCUT2D eigenvalue weighted by molar-refractivity contribution is -0.128. The largest absolute Gasteiger partial charge is 0.481 e. The molecule has 3 rings (SSSR count). The zero-order chi connectivity index (χ0) is 16.2. The molecule has 0 bridgehead atoms. The Morgan fingerprint density at radius 3 is 2.91 bits per heavy atom. The minimum atomic E-state index is -0.567. The summed E-state index contributed by atoms with van der Waals surface area (Å²) in [6.07, 6.45) is 2.57. The Morgan fingerprint density at radius 1 is 1.26 bits per heavy atom. The minimum Gasteiger partial charge on any atom is -0.481 e. The smallest absolute Gasteiger partial charge is 0.261 e. The molecule has 0 aliphatic heterocycles. The number of carbonyl (C=O) groups excluding carboxylic acids is 1. The highest BCUT2D eigenvalue weighted by Gasteiger charge is 2.24. The predicted octanol–water partition coefficient (Wildman–Crippen LogP) is 4.30. The minimum absolute atomic E-state index is 0.0675. The highest BCUT2D eigenvalue weighted by atomic mass is 35.5. The molecule has 0 heterocycles. The topological polar surface area (TPSA) is 38.3 Å². The summed E-state index contributed by atoms with van der Waals surface area (Å²) in [6.45, 7) is 1.75. The van der Waals surface area contributed by atoms with Gasteiger partial charge in [0.25, 0.3) is 5.91 Å². The van der Waals surface area contributed by atoms with Crippen molar-refractivity contribution in [3.8, 4) is 5.75 Å². The van der Waals surface area contributed by atoms with Crippen molar-refractivity contribution in [2.75, 3.05) is 0 Å². The average Bonchev–Trinajstić information content (AvgIpc) is 2.55. The van der Waals surface area contributed by atoms with Gasteiger partial charge in [-0.25, -0.2) is 0 Å². The van der Waals surface area contributed by atoms with Gasteiger partial charge in [0.2, 0.25) is 0 Å². The number of amides is 1. The van der Waals surface area contributed by atoms with Crippen LogP contribution in [0.2, 0.25) is 5.02 Å². The van der Waals surface area contributed by atoms with E-state index in [1.165, 1.54) is 11.1 Å². The van der Waals surface area contributed by atoms with Crippen LogP contribution in [0.4, 0.5) is 0 Å². The van der Waals surface area contributed by atoms with Gasteiger partial charge in [-0.3, -0.25) is 4.79 Å². The van der Waals surface area contributed by atoms with Crippen LogP contribution >= 0.6 is 11.6 Å². The fraction of sp³-hybridized carbons (Fsp3) is 0.316. The number of fused-ring (bicyclic) bond motifs is 1. The second-order valence-electron chi connectivity index (χ2n) is 5.87. The molecule has 0 saturated carbocycles. The highest BCUT2D eigenvalue weighted by molar-refractivity contribution is 6.30. The number of rotatable bonds is 4. The Morgan fingerprint density at radius 2 is 2.09 bits per heavy atom. The Hall–Kier alpha value is -2.00. The molecule has 1 aliphatic carbocycles. The molecule has 2 aromatic carbocycles. The van der Waals surface area contributed by atoms with Gasteiger partial charge in [0.05, 0.1) is 6.04 Å². The van der Waals surface area contributed by atoms with E-state index in [-0.39, 0.29) is 11.9 Å². The lowest BCUT2D eigenvalue weighted by Gasteiger charge is -2.27. The van der Waals surface area contributed by atoms with Crippen LogP contribution in [0, 0.1) is 0 Å². The van der Waals surface area contributed by atoms with Gasteiger partial charge in [-0.1, -0.05) is 41.9 Å². The summed E-state index contributed by atoms with van der Waals surface area (Å²) in [7, 11) is 0. The fourth-order valence-electron chi connectivity index (χ4n) is 2.99. The van der Waals surface area contributed by atoms with Crippen molar-refractivity contribution in [2.45, 2.75) is 38.3 Å². The first-order chi connectivity index (χ1) is 11.1. The van der Waals surface area contributed by atoms with Crippen molar-refractivity contribution in [1.29, 1.82) is 0 Å². The standard InChI is InChI=1S/C19H20ClNO2/c1-13(23-16-9-5-8-15(20)12-16)19(22)21-18-11-4-7-14-6-2-3-10-17(14)18/h2-3,5-6,8-10,12-13,18H,4,7,11H2,1H3,(H,21,22)/t13-,18+/m0/s1. The number of hydrogen-bond acceptors (Lipinski definition) is 2. The van der Waals surface area contributed by atoms with Gasteiger partial charge >= 0.3 is 0 Å². The second kappa shape index (κ2) is 7.05. The van der Waals surface area contributed by atoms with E-state index in [4.69, 9.17) is 16.3 Å². The molecule has 120 valence electrons. The van der Waals surface area contributed by atoms with E-state index in [1.54, 1.807) is 31.2 Å². The molecular formula is C19H20ClNO2. The van der Waals surface area contributed by atoms with Gasteiger partial charge in [0.15, 0.2) is 6.10 Å². The zero-order valence-electron chi connectivity index (χ0n) is 13.1. The molecular weight excluding hydrogens is 310 g/mol. The second-order valence-corrected chi connectivity index (χ2v) is 6.31. The SMILES string of the molecule is C[C@H](Oc1cccc(Cl)c1)C(=O)N[C@@H]1CCCc2ccccc21. The fourth-order valence-corrected chi connectivity index (χ4v) is 3.17.